The van der Waals surface area contributed by atoms with E-state index in [1.54, 1.807) is 12.1 Å². The Kier molecular flexibility index (Phi) is 4.67. The fourth-order valence-electron chi connectivity index (χ4n) is 2.71. The number of carbonyl (C=O) groups excluding carboxylic acids is 1. The minimum absolute atomic E-state index is 0.0169. The number of hydrogen-bond donors (Lipinski definition) is 0. The van der Waals surface area contributed by atoms with Crippen molar-refractivity contribution in [3.63, 3.8) is 0 Å². The second-order valence-corrected chi connectivity index (χ2v) is 6.36. The van der Waals surface area contributed by atoms with Gasteiger partial charge in [0, 0.05) is 11.7 Å². The first-order valence-corrected chi connectivity index (χ1v) is 8.37. The van der Waals surface area contributed by atoms with Crippen LogP contribution in [0.25, 0.3) is 16.3 Å². The lowest BCUT2D eigenvalue weighted by Crippen LogP contribution is -2.23. The number of aliphatic carboxylic acids is 1. The molecule has 0 amide bonds. The van der Waals surface area contributed by atoms with Crippen molar-refractivity contribution in [2.24, 2.45) is 0 Å². The first-order chi connectivity index (χ1) is 11.9. The van der Waals surface area contributed by atoms with Gasteiger partial charge in [-0.25, -0.2) is 0 Å². The predicted octanol–water partition coefficient (Wildman–Crippen LogP) is 3.91. The van der Waals surface area contributed by atoms with Gasteiger partial charge in [-0.15, -0.1) is 11.3 Å². The highest BCUT2D eigenvalue weighted by Crippen LogP contribution is 2.37. The summed E-state index contributed by atoms with van der Waals surface area (Å²) in [4.78, 5) is 11.6. The second kappa shape index (κ2) is 6.76. The van der Waals surface area contributed by atoms with Crippen molar-refractivity contribution in [3.8, 4) is 16.3 Å². The van der Waals surface area contributed by atoms with Crippen LogP contribution in [0.4, 0.5) is 13.2 Å². The molecule has 1 aromatic carbocycles. The summed E-state index contributed by atoms with van der Waals surface area (Å²) >= 11 is 1.41. The van der Waals surface area contributed by atoms with E-state index >= 15 is 0 Å². The van der Waals surface area contributed by atoms with Gasteiger partial charge in [-0.2, -0.15) is 13.2 Å². The zero-order valence-electron chi connectivity index (χ0n) is 12.9. The molecular formula is C18H13F3NO2S-. The van der Waals surface area contributed by atoms with Crippen LogP contribution in [0.5, 0.6) is 0 Å². The van der Waals surface area contributed by atoms with E-state index in [4.69, 9.17) is 0 Å². The van der Waals surface area contributed by atoms with Crippen LogP contribution in [0, 0.1) is 0 Å². The maximum Gasteiger partial charge on any atom is 0.418 e. The summed E-state index contributed by atoms with van der Waals surface area (Å²) in [6.45, 7) is 0. The SMILES string of the molecule is O=C([O-])CCc1ccc(-c2cccs2)n1-c1ccccc1C(F)(F)F. The minimum atomic E-state index is -4.51. The number of nitrogens with zero attached hydrogens (tertiary/aromatic N) is 1. The standard InChI is InChI=1S/C18H14F3NO2S/c19-18(20,21)13-4-1-2-5-14(13)22-12(8-10-17(23)24)7-9-15(22)16-6-3-11-25-16/h1-7,9,11H,8,10H2,(H,23,24)/p-1. The molecule has 0 radical (unpaired) electrons. The lowest BCUT2D eigenvalue weighted by atomic mass is 10.1. The summed E-state index contributed by atoms with van der Waals surface area (Å²) in [5.74, 6) is -1.24. The zero-order chi connectivity index (χ0) is 18.0. The number of aryl methyl sites for hydroxylation is 1. The highest BCUT2D eigenvalue weighted by molar-refractivity contribution is 7.13. The molecule has 7 heteroatoms. The highest BCUT2D eigenvalue weighted by atomic mass is 32.1. The molecule has 0 saturated carbocycles. The van der Waals surface area contributed by atoms with Crippen LogP contribution in [0.15, 0.2) is 53.9 Å². The quantitative estimate of drug-likeness (QED) is 0.689. The monoisotopic (exact) mass is 364 g/mol. The third kappa shape index (κ3) is 3.61. The predicted molar refractivity (Wildman–Crippen MR) is 87.4 cm³/mol. The maximum absolute atomic E-state index is 13.4. The van der Waals surface area contributed by atoms with Crippen molar-refractivity contribution in [2.45, 2.75) is 19.0 Å². The maximum atomic E-state index is 13.4. The Bertz CT molecular complexity index is 882. The van der Waals surface area contributed by atoms with E-state index in [0.29, 0.717) is 11.4 Å². The summed E-state index contributed by atoms with van der Waals surface area (Å²) in [6, 6.07) is 12.3. The normalized spacial score (nSPS) is 11.6. The molecule has 3 nitrogen and oxygen atoms in total. The Morgan fingerprint density at radius 2 is 1.84 bits per heavy atom. The van der Waals surface area contributed by atoms with E-state index in [0.717, 1.165) is 10.9 Å². The summed E-state index contributed by atoms with van der Waals surface area (Å²) < 4.78 is 41.8. The van der Waals surface area contributed by atoms with E-state index in [9.17, 15) is 23.1 Å². The van der Waals surface area contributed by atoms with E-state index in [1.165, 1.54) is 34.1 Å². The van der Waals surface area contributed by atoms with Crippen LogP contribution in [0.1, 0.15) is 17.7 Å². The van der Waals surface area contributed by atoms with E-state index in [1.807, 2.05) is 17.5 Å². The Balaban J connectivity index is 2.20. The largest absolute Gasteiger partial charge is 0.550 e. The average Bonchev–Trinajstić information content (AvgIpc) is 3.21. The lowest BCUT2D eigenvalue weighted by molar-refractivity contribution is -0.305. The third-order valence-corrected chi connectivity index (χ3v) is 4.66. The summed E-state index contributed by atoms with van der Waals surface area (Å²) in [5.41, 5.74) is 0.305. The first kappa shape index (κ1) is 17.3. The average molecular weight is 364 g/mol. The van der Waals surface area contributed by atoms with Crippen LogP contribution < -0.4 is 5.11 Å². The van der Waals surface area contributed by atoms with E-state index < -0.39 is 17.7 Å². The summed E-state index contributed by atoms with van der Waals surface area (Å²) in [6.07, 6.45) is -4.69. The lowest BCUT2D eigenvalue weighted by Gasteiger charge is -2.18. The van der Waals surface area contributed by atoms with Gasteiger partial charge in [-0.3, -0.25) is 0 Å². The van der Waals surface area contributed by atoms with Crippen molar-refractivity contribution < 1.29 is 23.1 Å². The van der Waals surface area contributed by atoms with Gasteiger partial charge < -0.3 is 14.5 Å². The first-order valence-electron chi connectivity index (χ1n) is 7.49. The van der Waals surface area contributed by atoms with Crippen LogP contribution in [-0.4, -0.2) is 10.5 Å². The van der Waals surface area contributed by atoms with Gasteiger partial charge in [0.25, 0.3) is 0 Å². The number of aromatic nitrogens is 1. The van der Waals surface area contributed by atoms with Gasteiger partial charge in [-0.1, -0.05) is 18.2 Å². The second-order valence-electron chi connectivity index (χ2n) is 5.41. The molecule has 3 rings (SSSR count). The fourth-order valence-corrected chi connectivity index (χ4v) is 3.45. The molecule has 0 atom stereocenters. The molecule has 3 aromatic rings. The number of hydrogen-bond acceptors (Lipinski definition) is 3. The molecule has 0 aliphatic rings. The highest BCUT2D eigenvalue weighted by Gasteiger charge is 2.34. The van der Waals surface area contributed by atoms with E-state index in [-0.39, 0.29) is 18.5 Å². The number of alkyl halides is 3. The Morgan fingerprint density at radius 1 is 1.08 bits per heavy atom. The van der Waals surface area contributed by atoms with Gasteiger partial charge in [0.15, 0.2) is 0 Å². The molecule has 0 fully saturated rings. The number of carboxylic acid groups (broad SMARTS) is 1. The number of rotatable bonds is 5. The van der Waals surface area contributed by atoms with E-state index in [2.05, 4.69) is 0 Å². The number of para-hydroxylation sites is 1. The number of halogens is 3. The number of benzene rings is 1. The van der Waals surface area contributed by atoms with Crippen LogP contribution in [-0.2, 0) is 17.4 Å². The molecule has 0 N–H and O–H groups in total. The summed E-state index contributed by atoms with van der Waals surface area (Å²) in [5, 5.41) is 12.6. The van der Waals surface area contributed by atoms with Gasteiger partial charge in [0.1, 0.15) is 0 Å². The Hall–Kier alpha value is -2.54. The van der Waals surface area contributed by atoms with Crippen molar-refractivity contribution in [2.75, 3.05) is 0 Å². The number of carboxylic acids is 1. The number of thiophene rings is 1. The Morgan fingerprint density at radius 3 is 2.48 bits per heavy atom. The van der Waals surface area contributed by atoms with Gasteiger partial charge >= 0.3 is 6.18 Å². The van der Waals surface area contributed by atoms with Crippen LogP contribution in [0.2, 0.25) is 0 Å². The number of carbonyl (C=O) groups is 1. The molecule has 0 aliphatic heterocycles. The molecule has 130 valence electrons. The molecule has 0 unspecified atom stereocenters. The minimum Gasteiger partial charge on any atom is -0.550 e. The van der Waals surface area contributed by atoms with Gasteiger partial charge in [0.05, 0.1) is 21.8 Å². The molecule has 2 aromatic heterocycles. The van der Waals surface area contributed by atoms with Crippen molar-refractivity contribution in [1.82, 2.24) is 4.57 Å². The van der Waals surface area contributed by atoms with Crippen molar-refractivity contribution in [1.29, 1.82) is 0 Å². The molecule has 0 bridgehead atoms. The van der Waals surface area contributed by atoms with Crippen LogP contribution in [0.3, 0.4) is 0 Å². The fraction of sp³-hybridized carbons (Fsp3) is 0.167. The smallest absolute Gasteiger partial charge is 0.418 e. The van der Waals surface area contributed by atoms with Gasteiger partial charge in [-0.05, 0) is 48.6 Å². The van der Waals surface area contributed by atoms with Crippen LogP contribution >= 0.6 is 11.3 Å². The third-order valence-electron chi connectivity index (χ3n) is 3.77. The zero-order valence-corrected chi connectivity index (χ0v) is 13.7. The Labute approximate surface area is 146 Å². The van der Waals surface area contributed by atoms with Crippen molar-refractivity contribution in [3.05, 3.63) is 65.2 Å². The molecule has 0 saturated heterocycles. The topological polar surface area (TPSA) is 45.1 Å². The molecule has 0 spiro atoms. The summed E-state index contributed by atoms with van der Waals surface area (Å²) in [7, 11) is 0. The van der Waals surface area contributed by atoms with Crippen molar-refractivity contribution >= 4 is 17.3 Å². The molecule has 25 heavy (non-hydrogen) atoms. The molecular weight excluding hydrogens is 351 g/mol. The molecule has 2 heterocycles. The molecule has 0 aliphatic carbocycles. The van der Waals surface area contributed by atoms with Gasteiger partial charge in [0.2, 0.25) is 0 Å².